The maximum absolute atomic E-state index is 10.6. The van der Waals surface area contributed by atoms with Crippen molar-refractivity contribution in [3.05, 3.63) is 24.0 Å². The Morgan fingerprint density at radius 1 is 1.79 bits per heavy atom. The van der Waals surface area contributed by atoms with Crippen LogP contribution in [0.2, 0.25) is 0 Å². The van der Waals surface area contributed by atoms with Gasteiger partial charge in [-0.1, -0.05) is 0 Å². The lowest BCUT2D eigenvalue weighted by Crippen LogP contribution is -2.30. The van der Waals surface area contributed by atoms with Crippen LogP contribution in [0.15, 0.2) is 18.3 Å². The van der Waals surface area contributed by atoms with Crippen LogP contribution < -0.4 is 10.6 Å². The molecule has 0 aliphatic carbocycles. The van der Waals surface area contributed by atoms with Gasteiger partial charge in [-0.2, -0.15) is 5.26 Å². The summed E-state index contributed by atoms with van der Waals surface area (Å²) in [5.41, 5.74) is 6.10. The number of nitrogens with zero attached hydrogens (tertiary/aromatic N) is 3. The van der Waals surface area contributed by atoms with Crippen molar-refractivity contribution in [2.45, 2.75) is 0 Å². The molecule has 0 radical (unpaired) electrons. The van der Waals surface area contributed by atoms with E-state index in [4.69, 9.17) is 11.0 Å². The van der Waals surface area contributed by atoms with Crippen LogP contribution in [0.5, 0.6) is 0 Å². The minimum absolute atomic E-state index is 0.120. The zero-order chi connectivity index (χ0) is 10.6. The molecule has 1 heterocycles. The van der Waals surface area contributed by atoms with Gasteiger partial charge in [-0.05, 0) is 12.1 Å². The second-order valence-electron chi connectivity index (χ2n) is 2.83. The minimum Gasteiger partial charge on any atom is -0.368 e. The number of hydrogen-bond acceptors (Lipinski definition) is 4. The van der Waals surface area contributed by atoms with E-state index in [-0.39, 0.29) is 6.54 Å². The maximum atomic E-state index is 10.6. The second kappa shape index (κ2) is 4.23. The lowest BCUT2D eigenvalue weighted by atomic mass is 10.3. The number of nitriles is 1. The Bertz CT molecular complexity index is 383. The van der Waals surface area contributed by atoms with Crippen LogP contribution in [0.25, 0.3) is 0 Å². The summed E-state index contributed by atoms with van der Waals surface area (Å²) in [5, 5.41) is 8.60. The molecule has 0 aliphatic heterocycles. The molecule has 0 aromatic carbocycles. The number of amides is 1. The third-order valence-electron chi connectivity index (χ3n) is 1.69. The number of hydrogen-bond donors (Lipinski definition) is 1. The Labute approximate surface area is 81.8 Å². The lowest BCUT2D eigenvalue weighted by Gasteiger charge is -2.16. The normalized spacial score (nSPS) is 9.14. The lowest BCUT2D eigenvalue weighted by molar-refractivity contribution is -0.116. The number of likely N-dealkylation sites (N-methyl/N-ethyl adjacent to an activating group) is 1. The number of carbonyl (C=O) groups is 1. The minimum atomic E-state index is -0.414. The molecule has 5 heteroatoms. The molecule has 0 unspecified atom stereocenters. The molecule has 72 valence electrons. The van der Waals surface area contributed by atoms with Crippen molar-refractivity contribution in [3.63, 3.8) is 0 Å². The number of primary amides is 1. The molecule has 0 fully saturated rings. The van der Waals surface area contributed by atoms with Crippen molar-refractivity contribution in [3.8, 4) is 6.07 Å². The van der Waals surface area contributed by atoms with Gasteiger partial charge in [-0.15, -0.1) is 0 Å². The van der Waals surface area contributed by atoms with Gasteiger partial charge in [0.2, 0.25) is 5.91 Å². The van der Waals surface area contributed by atoms with Gasteiger partial charge in [0.15, 0.2) is 0 Å². The van der Waals surface area contributed by atoms with Crippen LogP contribution in [-0.4, -0.2) is 24.5 Å². The zero-order valence-electron chi connectivity index (χ0n) is 7.77. The number of carbonyl (C=O) groups excluding carboxylic acids is 1. The topological polar surface area (TPSA) is 83.0 Å². The first-order chi connectivity index (χ1) is 6.63. The summed E-state index contributed by atoms with van der Waals surface area (Å²) in [4.78, 5) is 16.1. The van der Waals surface area contributed by atoms with Gasteiger partial charge < -0.3 is 10.6 Å². The van der Waals surface area contributed by atoms with Gasteiger partial charge in [0.1, 0.15) is 11.8 Å². The Kier molecular flexibility index (Phi) is 3.02. The van der Waals surface area contributed by atoms with E-state index in [0.717, 1.165) is 5.69 Å². The third kappa shape index (κ3) is 2.45. The number of pyridine rings is 1. The Balaban J connectivity index is 2.85. The van der Waals surface area contributed by atoms with Crippen molar-refractivity contribution in [2.75, 3.05) is 18.5 Å². The van der Waals surface area contributed by atoms with Crippen molar-refractivity contribution in [1.29, 1.82) is 5.26 Å². The van der Waals surface area contributed by atoms with E-state index in [9.17, 15) is 4.79 Å². The molecule has 14 heavy (non-hydrogen) atoms. The smallest absolute Gasteiger partial charge is 0.236 e. The third-order valence-corrected chi connectivity index (χ3v) is 1.69. The first-order valence-electron chi connectivity index (χ1n) is 3.99. The standard InChI is InChI=1S/C9H10N4O/c1-13(6-9(11)14)8-2-3-12-7(4-8)5-10/h2-4H,6H2,1H3,(H2,11,14). The molecule has 0 saturated heterocycles. The van der Waals surface area contributed by atoms with Crippen molar-refractivity contribution >= 4 is 11.6 Å². The van der Waals surface area contributed by atoms with Crippen LogP contribution >= 0.6 is 0 Å². The summed E-state index contributed by atoms with van der Waals surface area (Å²) in [5.74, 6) is -0.414. The number of nitrogens with two attached hydrogens (primary N) is 1. The fourth-order valence-corrected chi connectivity index (χ4v) is 1.04. The predicted octanol–water partition coefficient (Wildman–Crippen LogP) is -0.125. The van der Waals surface area contributed by atoms with E-state index in [1.165, 1.54) is 6.20 Å². The molecule has 1 rings (SSSR count). The van der Waals surface area contributed by atoms with Gasteiger partial charge in [-0.25, -0.2) is 4.98 Å². The highest BCUT2D eigenvalue weighted by Gasteiger charge is 2.04. The summed E-state index contributed by atoms with van der Waals surface area (Å²) < 4.78 is 0. The summed E-state index contributed by atoms with van der Waals surface area (Å²) in [6.07, 6.45) is 1.52. The molecule has 0 spiro atoms. The maximum Gasteiger partial charge on any atom is 0.236 e. The Hall–Kier alpha value is -2.09. The fourth-order valence-electron chi connectivity index (χ4n) is 1.04. The SMILES string of the molecule is CN(CC(N)=O)c1ccnc(C#N)c1. The number of anilines is 1. The average Bonchev–Trinajstić information content (AvgIpc) is 2.17. The highest BCUT2D eigenvalue weighted by molar-refractivity contribution is 5.79. The summed E-state index contributed by atoms with van der Waals surface area (Å²) in [6, 6.07) is 5.23. The predicted molar refractivity (Wildman–Crippen MR) is 51.4 cm³/mol. The van der Waals surface area contributed by atoms with Crippen LogP contribution in [-0.2, 0) is 4.79 Å². The molecule has 5 nitrogen and oxygen atoms in total. The highest BCUT2D eigenvalue weighted by atomic mass is 16.1. The average molecular weight is 190 g/mol. The van der Waals surface area contributed by atoms with Crippen LogP contribution in [0.4, 0.5) is 5.69 Å². The van der Waals surface area contributed by atoms with Crippen LogP contribution in [0.1, 0.15) is 5.69 Å². The van der Waals surface area contributed by atoms with Gasteiger partial charge in [0.25, 0.3) is 0 Å². The molecular formula is C9H10N4O. The summed E-state index contributed by atoms with van der Waals surface area (Å²) in [6.45, 7) is 0.120. The van der Waals surface area contributed by atoms with E-state index in [1.54, 1.807) is 24.1 Å². The number of aromatic nitrogens is 1. The van der Waals surface area contributed by atoms with Crippen molar-refractivity contribution < 1.29 is 4.79 Å². The van der Waals surface area contributed by atoms with E-state index in [0.29, 0.717) is 5.69 Å². The molecule has 2 N–H and O–H groups in total. The quantitative estimate of drug-likeness (QED) is 0.720. The van der Waals surface area contributed by atoms with Crippen LogP contribution in [0.3, 0.4) is 0 Å². The molecule has 1 aromatic rings. The largest absolute Gasteiger partial charge is 0.368 e. The van der Waals surface area contributed by atoms with Gasteiger partial charge in [-0.3, -0.25) is 4.79 Å². The molecule has 0 aliphatic rings. The Morgan fingerprint density at radius 3 is 3.07 bits per heavy atom. The summed E-state index contributed by atoms with van der Waals surface area (Å²) >= 11 is 0. The fraction of sp³-hybridized carbons (Fsp3) is 0.222. The highest BCUT2D eigenvalue weighted by Crippen LogP contribution is 2.11. The first-order valence-corrected chi connectivity index (χ1v) is 3.99. The molecule has 1 aromatic heterocycles. The van der Waals surface area contributed by atoms with Gasteiger partial charge in [0.05, 0.1) is 6.54 Å². The second-order valence-corrected chi connectivity index (χ2v) is 2.83. The monoisotopic (exact) mass is 190 g/mol. The number of rotatable bonds is 3. The van der Waals surface area contributed by atoms with Crippen LogP contribution in [0, 0.1) is 11.3 Å². The van der Waals surface area contributed by atoms with E-state index >= 15 is 0 Å². The first kappa shape index (κ1) is 9.99. The van der Waals surface area contributed by atoms with Gasteiger partial charge >= 0.3 is 0 Å². The van der Waals surface area contributed by atoms with Crippen molar-refractivity contribution in [2.24, 2.45) is 5.73 Å². The van der Waals surface area contributed by atoms with E-state index in [2.05, 4.69) is 4.98 Å². The molecule has 0 saturated carbocycles. The molecular weight excluding hydrogens is 180 g/mol. The Morgan fingerprint density at radius 2 is 2.50 bits per heavy atom. The van der Waals surface area contributed by atoms with Crippen molar-refractivity contribution in [1.82, 2.24) is 4.98 Å². The van der Waals surface area contributed by atoms with E-state index in [1.807, 2.05) is 6.07 Å². The molecule has 0 bridgehead atoms. The van der Waals surface area contributed by atoms with E-state index < -0.39 is 5.91 Å². The molecule has 1 amide bonds. The zero-order valence-corrected chi connectivity index (χ0v) is 7.77. The summed E-state index contributed by atoms with van der Waals surface area (Å²) in [7, 11) is 1.72. The molecule has 0 atom stereocenters. The van der Waals surface area contributed by atoms with Gasteiger partial charge in [0, 0.05) is 18.9 Å².